The third-order valence-corrected chi connectivity index (χ3v) is 12.5. The molecule has 57 heavy (non-hydrogen) atoms. The summed E-state index contributed by atoms with van der Waals surface area (Å²) in [7, 11) is 0. The summed E-state index contributed by atoms with van der Waals surface area (Å²) in [6, 6.07) is 54.3. The molecule has 0 unspecified atom stereocenters. The summed E-state index contributed by atoms with van der Waals surface area (Å²) in [5.74, 6) is 1.84. The fraction of sp³-hybridized carbons (Fsp3) is 0.111. The molecule has 2 aliphatic rings. The predicted molar refractivity (Wildman–Crippen MR) is 242 cm³/mol. The summed E-state index contributed by atoms with van der Waals surface area (Å²) >= 11 is 0. The van der Waals surface area contributed by atoms with Gasteiger partial charge in [0.1, 0.15) is 11.5 Å². The van der Waals surface area contributed by atoms with Gasteiger partial charge in [-0.3, -0.25) is 0 Å². The molecule has 0 amide bonds. The number of fused-ring (bicyclic) bond motifs is 7. The molecule has 0 bridgehead atoms. The van der Waals surface area contributed by atoms with Crippen molar-refractivity contribution in [3.8, 4) is 61.7 Å². The van der Waals surface area contributed by atoms with E-state index in [9.17, 15) is 0 Å². The molecular weight excluding hydrogens is 689 g/mol. The summed E-state index contributed by atoms with van der Waals surface area (Å²) in [4.78, 5) is 0. The molecule has 0 radical (unpaired) electrons. The second-order valence-electron chi connectivity index (χ2n) is 16.5. The number of hydrogen-bond donors (Lipinski definition) is 0. The van der Waals surface area contributed by atoms with Crippen molar-refractivity contribution in [3.63, 3.8) is 0 Å². The first-order valence-electron chi connectivity index (χ1n) is 20.1. The Kier molecular flexibility index (Phi) is 7.38. The number of ether oxygens (including phenoxy) is 1. The molecule has 0 N–H and O–H groups in total. The molecule has 0 saturated carbocycles. The molecule has 3 heteroatoms. The quantitative estimate of drug-likeness (QED) is 0.164. The van der Waals surface area contributed by atoms with Crippen molar-refractivity contribution in [1.29, 1.82) is 0 Å². The van der Waals surface area contributed by atoms with Gasteiger partial charge in [-0.15, -0.1) is 0 Å². The second kappa shape index (κ2) is 12.5. The molecule has 2 aliphatic heterocycles. The Bertz CT molecular complexity index is 3110. The summed E-state index contributed by atoms with van der Waals surface area (Å²) in [6.45, 7) is 13.4. The highest BCUT2D eigenvalue weighted by Crippen LogP contribution is 2.43. The second-order valence-corrected chi connectivity index (χ2v) is 16.5. The number of aryl methyl sites for hydroxylation is 6. The summed E-state index contributed by atoms with van der Waals surface area (Å²) in [5, 5.41) is 2.55. The lowest BCUT2D eigenvalue weighted by Crippen LogP contribution is -2.58. The Labute approximate surface area is 335 Å². The molecule has 0 aliphatic carbocycles. The number of hydrogen-bond acceptors (Lipinski definition) is 1. The fourth-order valence-corrected chi connectivity index (χ4v) is 10.5. The molecule has 272 valence electrons. The summed E-state index contributed by atoms with van der Waals surface area (Å²) in [6.07, 6.45) is 0. The van der Waals surface area contributed by atoms with Crippen LogP contribution in [0.1, 0.15) is 33.4 Å². The van der Waals surface area contributed by atoms with Crippen molar-refractivity contribution in [2.45, 2.75) is 41.5 Å². The van der Waals surface area contributed by atoms with Crippen LogP contribution in [0.2, 0.25) is 0 Å². The van der Waals surface area contributed by atoms with Crippen LogP contribution in [0, 0.1) is 41.5 Å². The van der Waals surface area contributed by atoms with Gasteiger partial charge >= 0.3 is 0 Å². The highest BCUT2D eigenvalue weighted by Gasteiger charge is 2.41. The van der Waals surface area contributed by atoms with Crippen LogP contribution in [0.3, 0.4) is 0 Å². The van der Waals surface area contributed by atoms with Crippen LogP contribution >= 0.6 is 0 Å². The van der Waals surface area contributed by atoms with Crippen LogP contribution in [0.15, 0.2) is 146 Å². The summed E-state index contributed by atoms with van der Waals surface area (Å²) < 4.78 is 9.59. The van der Waals surface area contributed by atoms with Crippen molar-refractivity contribution in [2.24, 2.45) is 0 Å². The Morgan fingerprint density at radius 2 is 0.982 bits per heavy atom. The zero-order chi connectivity index (χ0) is 38.7. The van der Waals surface area contributed by atoms with Gasteiger partial charge in [0.15, 0.2) is 0 Å². The van der Waals surface area contributed by atoms with Crippen molar-refractivity contribution in [2.75, 3.05) is 0 Å². The van der Waals surface area contributed by atoms with Crippen LogP contribution in [0.5, 0.6) is 11.5 Å². The van der Waals surface area contributed by atoms with E-state index in [0.717, 1.165) is 17.1 Å². The molecule has 9 aromatic rings. The van der Waals surface area contributed by atoms with E-state index in [1.165, 1.54) is 116 Å². The standard InChI is InChI=1S/C54H42BNO/c1-31-21-33(3)51(34(4)22-31)40-17-19-47-43(25-40)44-26-42(52-35(5)23-32(2)24-36(52)6)28-46-54(44)56(47)48-29-41(38-15-11-8-12-16-38)30-50-53(48)55(46)45-27-39(18-20-49(45)57-50)37-13-9-7-10-14-37/h7-30H,1-6H3. The number of aromatic nitrogens is 1. The largest absolute Gasteiger partial charge is 0.458 e. The zero-order valence-corrected chi connectivity index (χ0v) is 33.3. The minimum atomic E-state index is -0.0291. The predicted octanol–water partition coefficient (Wildman–Crippen LogP) is 12.2. The number of benzene rings is 8. The van der Waals surface area contributed by atoms with Gasteiger partial charge in [-0.2, -0.15) is 0 Å². The Morgan fingerprint density at radius 3 is 1.63 bits per heavy atom. The average molecular weight is 732 g/mol. The molecule has 0 fully saturated rings. The van der Waals surface area contributed by atoms with Crippen molar-refractivity contribution in [1.82, 2.24) is 4.57 Å². The lowest BCUT2D eigenvalue weighted by atomic mass is 9.34. The van der Waals surface area contributed by atoms with Gasteiger partial charge in [0.05, 0.1) is 5.52 Å². The molecule has 0 saturated heterocycles. The van der Waals surface area contributed by atoms with E-state index < -0.39 is 0 Å². The van der Waals surface area contributed by atoms with Crippen LogP contribution in [0.4, 0.5) is 0 Å². The maximum Gasteiger partial charge on any atom is 0.256 e. The highest BCUT2D eigenvalue weighted by molar-refractivity contribution is 6.99. The van der Waals surface area contributed by atoms with E-state index in [1.54, 1.807) is 0 Å². The topological polar surface area (TPSA) is 14.2 Å². The van der Waals surface area contributed by atoms with E-state index in [-0.39, 0.29) is 6.71 Å². The van der Waals surface area contributed by atoms with E-state index in [2.05, 4.69) is 192 Å². The molecule has 1 aromatic heterocycles. The Balaban J connectivity index is 1.29. The molecule has 0 spiro atoms. The van der Waals surface area contributed by atoms with E-state index in [0.29, 0.717) is 0 Å². The van der Waals surface area contributed by atoms with Crippen molar-refractivity contribution < 1.29 is 4.74 Å². The SMILES string of the molecule is Cc1cc(C)c(-c2ccc3c(c2)c2cc(-c4c(C)cc(C)cc4C)cc4c2n3-c2cc(-c3ccccc3)cc3c2B4c2cc(-c4ccccc4)ccc2O3)c(C)c1. The fourth-order valence-electron chi connectivity index (χ4n) is 10.5. The lowest BCUT2D eigenvalue weighted by Gasteiger charge is -2.34. The van der Waals surface area contributed by atoms with Gasteiger partial charge in [0.25, 0.3) is 6.71 Å². The first-order valence-corrected chi connectivity index (χ1v) is 20.1. The van der Waals surface area contributed by atoms with Crippen LogP contribution in [0.25, 0.3) is 72.0 Å². The van der Waals surface area contributed by atoms with Crippen molar-refractivity contribution in [3.05, 3.63) is 179 Å². The summed E-state index contributed by atoms with van der Waals surface area (Å²) in [5.41, 5.74) is 25.1. The number of nitrogens with zero attached hydrogens (tertiary/aromatic N) is 1. The van der Waals surface area contributed by atoms with Gasteiger partial charge in [-0.05, 0) is 161 Å². The first-order chi connectivity index (χ1) is 27.7. The van der Waals surface area contributed by atoms with E-state index in [4.69, 9.17) is 4.74 Å². The Hall–Kier alpha value is -6.58. The molecule has 11 rings (SSSR count). The average Bonchev–Trinajstić information content (AvgIpc) is 3.53. The zero-order valence-electron chi connectivity index (χ0n) is 33.3. The molecular formula is C54H42BNO. The van der Waals surface area contributed by atoms with Crippen LogP contribution in [-0.2, 0) is 0 Å². The third kappa shape index (κ3) is 5.11. The first kappa shape index (κ1) is 33.7. The third-order valence-electron chi connectivity index (χ3n) is 12.5. The van der Waals surface area contributed by atoms with E-state index >= 15 is 0 Å². The van der Waals surface area contributed by atoms with Crippen LogP contribution < -0.4 is 21.1 Å². The van der Waals surface area contributed by atoms with Gasteiger partial charge in [-0.25, -0.2) is 0 Å². The number of rotatable bonds is 4. The van der Waals surface area contributed by atoms with Gasteiger partial charge in [0.2, 0.25) is 0 Å². The smallest absolute Gasteiger partial charge is 0.256 e. The van der Waals surface area contributed by atoms with Gasteiger partial charge in [-0.1, -0.05) is 120 Å². The maximum absolute atomic E-state index is 7.04. The minimum Gasteiger partial charge on any atom is -0.458 e. The molecule has 8 aromatic carbocycles. The molecule has 0 atom stereocenters. The van der Waals surface area contributed by atoms with Gasteiger partial charge < -0.3 is 9.30 Å². The minimum absolute atomic E-state index is 0.0291. The Morgan fingerprint density at radius 1 is 0.421 bits per heavy atom. The molecule has 3 heterocycles. The molecule has 2 nitrogen and oxygen atoms in total. The normalized spacial score (nSPS) is 12.5. The van der Waals surface area contributed by atoms with E-state index in [1.807, 2.05) is 0 Å². The van der Waals surface area contributed by atoms with Crippen molar-refractivity contribution >= 4 is 44.9 Å². The lowest BCUT2D eigenvalue weighted by molar-refractivity contribution is 0.487. The van der Waals surface area contributed by atoms with Gasteiger partial charge in [0, 0.05) is 22.0 Å². The van der Waals surface area contributed by atoms with Crippen LogP contribution in [-0.4, -0.2) is 11.3 Å². The highest BCUT2D eigenvalue weighted by atomic mass is 16.5. The monoisotopic (exact) mass is 731 g/mol. The maximum atomic E-state index is 7.04.